The second-order valence-corrected chi connectivity index (χ2v) is 12.1. The Hall–Kier alpha value is -2.95. The molecule has 37 heavy (non-hydrogen) atoms. The van der Waals surface area contributed by atoms with Gasteiger partial charge in [0.25, 0.3) is 0 Å². The van der Waals surface area contributed by atoms with Gasteiger partial charge in [-0.25, -0.2) is 9.59 Å². The van der Waals surface area contributed by atoms with E-state index in [0.717, 1.165) is 32.1 Å². The molecule has 5 rings (SSSR count). The quantitative estimate of drug-likeness (QED) is 0.428. The van der Waals surface area contributed by atoms with E-state index in [1.165, 1.54) is 0 Å². The second-order valence-electron chi connectivity index (χ2n) is 12.1. The summed E-state index contributed by atoms with van der Waals surface area (Å²) in [6.45, 7) is 6.81. The highest BCUT2D eigenvalue weighted by atomic mass is 16.6. The fourth-order valence-electron chi connectivity index (χ4n) is 8.12. The summed E-state index contributed by atoms with van der Waals surface area (Å²) in [4.78, 5) is 39.2. The summed E-state index contributed by atoms with van der Waals surface area (Å²) < 4.78 is 12.2. The third-order valence-corrected chi connectivity index (χ3v) is 10.1. The van der Waals surface area contributed by atoms with Gasteiger partial charge in [-0.3, -0.25) is 4.79 Å². The van der Waals surface area contributed by atoms with Crippen LogP contribution >= 0.6 is 0 Å². The zero-order valence-electron chi connectivity index (χ0n) is 22.2. The van der Waals surface area contributed by atoms with Crippen LogP contribution in [0.1, 0.15) is 86.4 Å². The van der Waals surface area contributed by atoms with Crippen molar-refractivity contribution >= 4 is 17.7 Å². The first-order valence-electron chi connectivity index (χ1n) is 13.7. The van der Waals surface area contributed by atoms with Gasteiger partial charge < -0.3 is 9.47 Å². The van der Waals surface area contributed by atoms with Gasteiger partial charge >= 0.3 is 11.9 Å². The molecule has 5 heteroatoms. The number of esters is 2. The average Bonchev–Trinajstić information content (AvgIpc) is 2.91. The van der Waals surface area contributed by atoms with Crippen LogP contribution in [0.4, 0.5) is 0 Å². The fourth-order valence-corrected chi connectivity index (χ4v) is 8.12. The van der Waals surface area contributed by atoms with Crippen molar-refractivity contribution in [3.63, 3.8) is 0 Å². The number of fused-ring (bicyclic) bond motifs is 3. The van der Waals surface area contributed by atoms with Gasteiger partial charge in [-0.2, -0.15) is 0 Å². The minimum atomic E-state index is -0.566. The number of rotatable bonds is 5. The molecule has 2 aromatic rings. The first-order valence-corrected chi connectivity index (χ1v) is 13.7. The number of carbonyl (C=O) groups is 3. The predicted molar refractivity (Wildman–Crippen MR) is 141 cm³/mol. The minimum Gasteiger partial charge on any atom is -0.461 e. The van der Waals surface area contributed by atoms with Crippen molar-refractivity contribution in [2.24, 2.45) is 28.1 Å². The van der Waals surface area contributed by atoms with Gasteiger partial charge in [0.15, 0.2) is 0 Å². The number of ether oxygens (including phenoxy) is 2. The molecule has 0 bridgehead atoms. The summed E-state index contributed by atoms with van der Waals surface area (Å²) in [7, 11) is 0. The van der Waals surface area contributed by atoms with Gasteiger partial charge in [0.2, 0.25) is 0 Å². The Kier molecular flexibility index (Phi) is 6.76. The molecule has 0 saturated heterocycles. The molecule has 0 heterocycles. The smallest absolute Gasteiger partial charge is 0.338 e. The third-order valence-electron chi connectivity index (χ3n) is 10.1. The van der Waals surface area contributed by atoms with E-state index in [-0.39, 0.29) is 47.3 Å². The van der Waals surface area contributed by atoms with Crippen molar-refractivity contribution in [1.82, 2.24) is 0 Å². The molecule has 3 aliphatic rings. The minimum absolute atomic E-state index is 0.0906. The van der Waals surface area contributed by atoms with Crippen LogP contribution in [0.3, 0.4) is 0 Å². The van der Waals surface area contributed by atoms with Crippen LogP contribution in [-0.2, 0) is 14.3 Å². The third kappa shape index (κ3) is 4.41. The molecule has 3 aliphatic carbocycles. The Balaban J connectivity index is 1.46. The van der Waals surface area contributed by atoms with Gasteiger partial charge in [0.05, 0.1) is 11.1 Å². The summed E-state index contributed by atoms with van der Waals surface area (Å²) in [5.74, 6) is 0.141. The maximum atomic E-state index is 13.1. The van der Waals surface area contributed by atoms with Crippen LogP contribution in [0.25, 0.3) is 0 Å². The van der Waals surface area contributed by atoms with Crippen molar-refractivity contribution in [3.05, 3.63) is 71.8 Å². The van der Waals surface area contributed by atoms with E-state index in [1.54, 1.807) is 24.3 Å². The molecule has 0 N–H and O–H groups in total. The van der Waals surface area contributed by atoms with Gasteiger partial charge in [-0.05, 0) is 80.0 Å². The molecule has 0 unspecified atom stereocenters. The molecule has 0 aromatic heterocycles. The molecule has 0 aliphatic heterocycles. The van der Waals surface area contributed by atoms with Crippen molar-refractivity contribution in [2.45, 2.75) is 71.8 Å². The lowest BCUT2D eigenvalue weighted by molar-refractivity contribution is -0.197. The molecular weight excluding hydrogens is 464 g/mol. The van der Waals surface area contributed by atoms with Crippen LogP contribution in [-0.4, -0.2) is 30.4 Å². The summed E-state index contributed by atoms with van der Waals surface area (Å²) in [5.41, 5.74) is 0.0832. The molecule has 0 amide bonds. The lowest BCUT2D eigenvalue weighted by atomic mass is 9.40. The van der Waals surface area contributed by atoms with Gasteiger partial charge in [0.1, 0.15) is 18.5 Å². The SMILES string of the molecule is C[C@]12CC[C@H](OC(=O)c3ccccc3)[C@](C)(COC(=O)c3ccccc3)[C@@H]1CC[C@@]1(C)C(=O)CCC[C@H]21. The van der Waals surface area contributed by atoms with E-state index in [4.69, 9.17) is 9.47 Å². The van der Waals surface area contributed by atoms with Crippen molar-refractivity contribution in [1.29, 1.82) is 0 Å². The van der Waals surface area contributed by atoms with E-state index in [9.17, 15) is 14.4 Å². The van der Waals surface area contributed by atoms with Crippen LogP contribution in [0, 0.1) is 28.1 Å². The number of hydrogen-bond donors (Lipinski definition) is 0. The first kappa shape index (κ1) is 25.7. The molecule has 2 aromatic carbocycles. The largest absolute Gasteiger partial charge is 0.461 e. The normalized spacial score (nSPS) is 35.1. The highest BCUT2D eigenvalue weighted by Crippen LogP contribution is 2.67. The molecule has 0 radical (unpaired) electrons. The number of hydrogen-bond acceptors (Lipinski definition) is 5. The van der Waals surface area contributed by atoms with E-state index < -0.39 is 5.41 Å². The molecule has 0 spiro atoms. The lowest BCUT2D eigenvalue weighted by Gasteiger charge is -2.64. The van der Waals surface area contributed by atoms with Gasteiger partial charge in [0, 0.05) is 17.3 Å². The summed E-state index contributed by atoms with van der Waals surface area (Å²) in [6, 6.07) is 18.1. The summed E-state index contributed by atoms with van der Waals surface area (Å²) >= 11 is 0. The van der Waals surface area contributed by atoms with Crippen LogP contribution < -0.4 is 0 Å². The predicted octanol–water partition coefficient (Wildman–Crippen LogP) is 6.66. The lowest BCUT2D eigenvalue weighted by Crippen LogP contribution is -2.63. The molecule has 196 valence electrons. The zero-order chi connectivity index (χ0) is 26.3. The highest BCUT2D eigenvalue weighted by molar-refractivity contribution is 5.90. The van der Waals surface area contributed by atoms with E-state index in [1.807, 2.05) is 36.4 Å². The number of carbonyl (C=O) groups excluding carboxylic acids is 3. The Labute approximate surface area is 219 Å². The summed E-state index contributed by atoms with van der Waals surface area (Å²) in [6.07, 6.45) is 5.54. The molecule has 3 saturated carbocycles. The van der Waals surface area contributed by atoms with Gasteiger partial charge in [-0.1, -0.05) is 57.2 Å². The molecule has 5 nitrogen and oxygen atoms in total. The number of benzene rings is 2. The van der Waals surface area contributed by atoms with E-state index in [0.29, 0.717) is 29.8 Å². The van der Waals surface area contributed by atoms with Crippen LogP contribution in [0.15, 0.2) is 60.7 Å². The Bertz CT molecular complexity index is 1160. The molecular formula is C32H38O5. The van der Waals surface area contributed by atoms with Crippen molar-refractivity contribution in [2.75, 3.05) is 6.61 Å². The zero-order valence-corrected chi connectivity index (χ0v) is 22.2. The Morgan fingerprint density at radius 2 is 1.43 bits per heavy atom. The van der Waals surface area contributed by atoms with Gasteiger partial charge in [-0.15, -0.1) is 0 Å². The maximum absolute atomic E-state index is 13.1. The fraction of sp³-hybridized carbons (Fsp3) is 0.531. The Morgan fingerprint density at radius 1 is 0.811 bits per heavy atom. The summed E-state index contributed by atoms with van der Waals surface area (Å²) in [5, 5.41) is 0. The van der Waals surface area contributed by atoms with Crippen LogP contribution in [0.5, 0.6) is 0 Å². The maximum Gasteiger partial charge on any atom is 0.338 e. The highest BCUT2D eigenvalue weighted by Gasteiger charge is 2.64. The Morgan fingerprint density at radius 3 is 2.08 bits per heavy atom. The average molecular weight is 503 g/mol. The van der Waals surface area contributed by atoms with Crippen LogP contribution in [0.2, 0.25) is 0 Å². The topological polar surface area (TPSA) is 69.7 Å². The molecule has 3 fully saturated rings. The first-order chi connectivity index (χ1) is 17.7. The van der Waals surface area contributed by atoms with Crippen molar-refractivity contribution < 1.29 is 23.9 Å². The second kappa shape index (κ2) is 9.74. The standard InChI is InChI=1S/C32H38O5/c1-30-20-18-27(37-29(35)23-13-8-5-9-14-23)32(3,21-36-28(34)22-11-6-4-7-12-22)25(30)17-19-31(2)24(30)15-10-16-26(31)33/h4-9,11-14,24-25,27H,10,15-21H2,1-3H3/t24-,25-,27+,30-,31-,32-/m1/s1. The molecule has 6 atom stereocenters. The number of ketones is 1. The number of Topliss-reactive ketones (excluding diaryl/α,β-unsaturated/α-hetero) is 1. The monoisotopic (exact) mass is 502 g/mol. The van der Waals surface area contributed by atoms with E-state index >= 15 is 0 Å². The van der Waals surface area contributed by atoms with E-state index in [2.05, 4.69) is 20.8 Å². The van der Waals surface area contributed by atoms with Crippen molar-refractivity contribution in [3.8, 4) is 0 Å².